The van der Waals surface area contributed by atoms with Crippen molar-refractivity contribution in [1.82, 2.24) is 5.06 Å². The Morgan fingerprint density at radius 1 is 0.743 bits per heavy atom. The molecule has 1 rings (SSSR count). The van der Waals surface area contributed by atoms with Crippen LogP contribution in [0.3, 0.4) is 0 Å². The number of aliphatic hydroxyl groups excluding tert-OH is 5. The molecule has 0 aromatic heterocycles. The van der Waals surface area contributed by atoms with Crippen molar-refractivity contribution in [2.24, 2.45) is 0 Å². The first kappa shape index (κ1) is 32.2. The van der Waals surface area contributed by atoms with Gasteiger partial charge in [-0.15, -0.1) is 5.06 Å². The molecule has 1 aliphatic heterocycles. The summed E-state index contributed by atoms with van der Waals surface area (Å²) in [5, 5.41) is 49.7. The number of hydroxylamine groups is 2. The molecule has 9 nitrogen and oxygen atoms in total. The molecule has 0 aliphatic carbocycles. The molecule has 1 saturated heterocycles. The van der Waals surface area contributed by atoms with Crippen molar-refractivity contribution in [2.75, 3.05) is 19.8 Å². The monoisotopic (exact) mass is 505 g/mol. The van der Waals surface area contributed by atoms with Gasteiger partial charge in [-0.05, 0) is 6.42 Å². The summed E-state index contributed by atoms with van der Waals surface area (Å²) in [6.07, 6.45) is 11.6. The molecular formula is C26H51NO8. The van der Waals surface area contributed by atoms with Gasteiger partial charge in [0.05, 0.1) is 19.8 Å². The average molecular weight is 506 g/mol. The van der Waals surface area contributed by atoms with Gasteiger partial charge in [-0.25, -0.2) is 0 Å². The Labute approximate surface area is 211 Å². The van der Waals surface area contributed by atoms with Crippen molar-refractivity contribution < 1.29 is 39.9 Å². The molecular weight excluding hydrogens is 454 g/mol. The zero-order chi connectivity index (χ0) is 25.9. The molecule has 5 atom stereocenters. The number of carbonyl (C=O) groups is 1. The van der Waals surface area contributed by atoms with Gasteiger partial charge < -0.3 is 35.1 Å². The first-order valence-corrected chi connectivity index (χ1v) is 13.8. The van der Waals surface area contributed by atoms with Crippen LogP contribution in [0.25, 0.3) is 0 Å². The summed E-state index contributed by atoms with van der Waals surface area (Å²) in [6.45, 7) is 1.15. The predicted molar refractivity (Wildman–Crippen MR) is 133 cm³/mol. The van der Waals surface area contributed by atoms with E-state index in [1.165, 1.54) is 70.6 Å². The Morgan fingerprint density at radius 2 is 1.23 bits per heavy atom. The topological polar surface area (TPSA) is 140 Å². The van der Waals surface area contributed by atoms with Crippen LogP contribution in [0.15, 0.2) is 0 Å². The van der Waals surface area contributed by atoms with Gasteiger partial charge >= 0.3 is 5.97 Å². The predicted octanol–water partition coefficient (Wildman–Crippen LogP) is 2.80. The molecule has 208 valence electrons. The van der Waals surface area contributed by atoms with Crippen LogP contribution in [0.4, 0.5) is 0 Å². The van der Waals surface area contributed by atoms with E-state index in [9.17, 15) is 30.3 Å². The van der Waals surface area contributed by atoms with E-state index < -0.39 is 43.2 Å². The Hall–Kier alpha value is -0.810. The minimum absolute atomic E-state index is 0.146. The number of unbranched alkanes of at least 4 members (excludes halogenated alkanes) is 14. The molecule has 0 aromatic rings. The molecule has 0 aromatic carbocycles. The van der Waals surface area contributed by atoms with Crippen molar-refractivity contribution in [2.45, 2.75) is 140 Å². The van der Waals surface area contributed by atoms with Crippen LogP contribution in [0.1, 0.15) is 110 Å². The van der Waals surface area contributed by atoms with Crippen molar-refractivity contribution in [3.63, 3.8) is 0 Å². The summed E-state index contributed by atoms with van der Waals surface area (Å²) < 4.78 is 5.40. The van der Waals surface area contributed by atoms with Crippen molar-refractivity contribution >= 4 is 5.97 Å². The van der Waals surface area contributed by atoms with Crippen molar-refractivity contribution in [3.05, 3.63) is 0 Å². The van der Waals surface area contributed by atoms with Crippen LogP contribution < -0.4 is 0 Å². The van der Waals surface area contributed by atoms with Crippen LogP contribution >= 0.6 is 0 Å². The van der Waals surface area contributed by atoms with Crippen LogP contribution in [-0.2, 0) is 14.4 Å². The van der Waals surface area contributed by atoms with Gasteiger partial charge in [-0.2, -0.15) is 0 Å². The van der Waals surface area contributed by atoms with E-state index >= 15 is 0 Å². The Kier molecular flexibility index (Phi) is 18.7. The van der Waals surface area contributed by atoms with E-state index in [2.05, 4.69) is 6.92 Å². The van der Waals surface area contributed by atoms with Gasteiger partial charge in [0.25, 0.3) is 0 Å². The summed E-state index contributed by atoms with van der Waals surface area (Å²) in [6, 6.07) is 0. The van der Waals surface area contributed by atoms with Crippen LogP contribution in [0.2, 0.25) is 0 Å². The van der Waals surface area contributed by atoms with E-state index in [1.807, 2.05) is 0 Å². The largest absolute Gasteiger partial charge is 0.395 e. The molecule has 1 heterocycles. The fourth-order valence-corrected chi connectivity index (χ4v) is 4.46. The molecule has 0 amide bonds. The highest BCUT2D eigenvalue weighted by atomic mass is 16.7. The number of hydrogen-bond donors (Lipinski definition) is 5. The number of aliphatic hydroxyl groups is 5. The normalized spacial score (nSPS) is 24.7. The summed E-state index contributed by atoms with van der Waals surface area (Å²) in [7, 11) is 0. The Balaban J connectivity index is 2.13. The van der Waals surface area contributed by atoms with Crippen LogP contribution in [0, 0.1) is 0 Å². The van der Waals surface area contributed by atoms with Crippen molar-refractivity contribution in [1.29, 1.82) is 0 Å². The molecule has 0 saturated carbocycles. The molecule has 1 unspecified atom stereocenters. The number of rotatable bonds is 21. The lowest BCUT2D eigenvalue weighted by molar-refractivity contribution is -0.324. The molecule has 5 N–H and O–H groups in total. The SMILES string of the molecule is CCCCCCCCCCCCCCCCCC(=O)ON(CCO)C1O[C@H](CO)[C@@H](O)[C@H](O)[C@H]1O. The third-order valence-corrected chi connectivity index (χ3v) is 6.67. The Morgan fingerprint density at radius 3 is 1.69 bits per heavy atom. The second kappa shape index (κ2) is 20.3. The highest BCUT2D eigenvalue weighted by molar-refractivity contribution is 5.68. The summed E-state index contributed by atoms with van der Waals surface area (Å²) in [4.78, 5) is 17.5. The highest BCUT2D eigenvalue weighted by Crippen LogP contribution is 2.24. The summed E-state index contributed by atoms with van der Waals surface area (Å²) in [5.74, 6) is -0.523. The molecule has 35 heavy (non-hydrogen) atoms. The zero-order valence-corrected chi connectivity index (χ0v) is 21.7. The van der Waals surface area contributed by atoms with Gasteiger partial charge in [-0.3, -0.25) is 4.79 Å². The number of ether oxygens (including phenoxy) is 1. The van der Waals surface area contributed by atoms with Crippen LogP contribution in [0.5, 0.6) is 0 Å². The summed E-state index contributed by atoms with van der Waals surface area (Å²) in [5.41, 5.74) is 0. The lowest BCUT2D eigenvalue weighted by atomic mass is 9.98. The Bertz CT molecular complexity index is 522. The standard InChI is InChI=1S/C26H51NO8/c1-2-3-4-5-6-7-8-9-10-11-12-13-14-15-16-17-22(30)35-27(18-19-28)26-25(33)24(32)23(31)21(20-29)34-26/h21,23-26,28-29,31-33H,2-20H2,1H3/t21-,23-,24+,25-,26?/m1/s1. The second-order valence-corrected chi connectivity index (χ2v) is 9.75. The average Bonchev–Trinajstić information content (AvgIpc) is 2.85. The third kappa shape index (κ3) is 13.3. The molecule has 0 spiro atoms. The van der Waals surface area contributed by atoms with E-state index in [4.69, 9.17) is 9.57 Å². The van der Waals surface area contributed by atoms with E-state index in [0.29, 0.717) is 6.42 Å². The number of carbonyl (C=O) groups excluding carboxylic acids is 1. The lowest BCUT2D eigenvalue weighted by Crippen LogP contribution is -2.63. The molecule has 9 heteroatoms. The molecule has 1 fully saturated rings. The van der Waals surface area contributed by atoms with Gasteiger partial charge in [0.1, 0.15) is 24.4 Å². The number of hydrogen-bond acceptors (Lipinski definition) is 9. The lowest BCUT2D eigenvalue weighted by Gasteiger charge is -2.43. The molecule has 0 bridgehead atoms. The second-order valence-electron chi connectivity index (χ2n) is 9.75. The first-order valence-electron chi connectivity index (χ1n) is 13.8. The van der Waals surface area contributed by atoms with Crippen molar-refractivity contribution in [3.8, 4) is 0 Å². The van der Waals surface area contributed by atoms with E-state index in [1.54, 1.807) is 0 Å². The minimum atomic E-state index is -1.58. The quantitative estimate of drug-likeness (QED) is 0.118. The first-order chi connectivity index (χ1) is 17.0. The zero-order valence-electron chi connectivity index (χ0n) is 21.7. The third-order valence-electron chi connectivity index (χ3n) is 6.67. The van der Waals surface area contributed by atoms with Gasteiger partial charge in [0, 0.05) is 6.42 Å². The summed E-state index contributed by atoms with van der Waals surface area (Å²) >= 11 is 0. The maximum atomic E-state index is 12.3. The molecule has 1 aliphatic rings. The highest BCUT2D eigenvalue weighted by Gasteiger charge is 2.46. The molecule has 0 radical (unpaired) electrons. The van der Waals surface area contributed by atoms with Gasteiger partial charge in [0.2, 0.25) is 0 Å². The van der Waals surface area contributed by atoms with Crippen LogP contribution in [-0.4, -0.2) is 87.0 Å². The van der Waals surface area contributed by atoms with E-state index in [-0.39, 0.29) is 19.6 Å². The van der Waals surface area contributed by atoms with Gasteiger partial charge in [-0.1, -0.05) is 96.8 Å². The maximum absolute atomic E-state index is 12.3. The fraction of sp³-hybridized carbons (Fsp3) is 0.962. The maximum Gasteiger partial charge on any atom is 0.325 e. The number of nitrogens with zero attached hydrogens (tertiary/aromatic N) is 1. The smallest absolute Gasteiger partial charge is 0.325 e. The van der Waals surface area contributed by atoms with E-state index in [0.717, 1.165) is 24.3 Å². The van der Waals surface area contributed by atoms with Gasteiger partial charge in [0.15, 0.2) is 6.23 Å². The fourth-order valence-electron chi connectivity index (χ4n) is 4.46. The minimum Gasteiger partial charge on any atom is -0.395 e.